The standard InChI is InChI=1S/C3H9O6P/c4-1-3(5)2-9-10(6,7)8/h3-5H,1-2H2,(H2,6,7,8)/p-2/t3-/m1/s1. The van der Waals surface area contributed by atoms with Gasteiger partial charge in [-0.2, -0.15) is 0 Å². The minimum absolute atomic E-state index is 0.639. The van der Waals surface area contributed by atoms with E-state index in [9.17, 15) is 14.4 Å². The van der Waals surface area contributed by atoms with Gasteiger partial charge in [0, 0.05) is 0 Å². The second kappa shape index (κ2) is 4.02. The molecule has 0 saturated carbocycles. The van der Waals surface area contributed by atoms with Crippen LogP contribution in [0.2, 0.25) is 0 Å². The molecule has 0 saturated heterocycles. The van der Waals surface area contributed by atoms with Crippen LogP contribution in [0.5, 0.6) is 0 Å². The molecule has 0 aliphatic rings. The average molecular weight is 170 g/mol. The molecule has 0 aliphatic heterocycles. The molecule has 2 N–H and O–H groups in total. The van der Waals surface area contributed by atoms with E-state index in [1.165, 1.54) is 0 Å². The number of phosphoric acid groups is 1. The van der Waals surface area contributed by atoms with Gasteiger partial charge in [0.2, 0.25) is 0 Å². The lowest BCUT2D eigenvalue weighted by Gasteiger charge is -2.29. The van der Waals surface area contributed by atoms with Crippen molar-refractivity contribution in [3.05, 3.63) is 0 Å². The summed E-state index contributed by atoms with van der Waals surface area (Å²) in [4.78, 5) is 19.4. The molecule has 0 bridgehead atoms. The number of hydrogen-bond donors (Lipinski definition) is 2. The van der Waals surface area contributed by atoms with Crippen molar-refractivity contribution in [3.8, 4) is 0 Å². The Morgan fingerprint density at radius 1 is 1.60 bits per heavy atom. The van der Waals surface area contributed by atoms with Gasteiger partial charge in [-0.25, -0.2) is 0 Å². The Hall–Kier alpha value is 0.0300. The van der Waals surface area contributed by atoms with Gasteiger partial charge in [0.25, 0.3) is 0 Å². The quantitative estimate of drug-likeness (QED) is 0.440. The van der Waals surface area contributed by atoms with Crippen LogP contribution in [0.4, 0.5) is 0 Å². The van der Waals surface area contributed by atoms with Gasteiger partial charge >= 0.3 is 0 Å². The van der Waals surface area contributed by atoms with Crippen molar-refractivity contribution in [2.75, 3.05) is 13.2 Å². The van der Waals surface area contributed by atoms with Crippen LogP contribution in [0.25, 0.3) is 0 Å². The summed E-state index contributed by atoms with van der Waals surface area (Å²) in [6.07, 6.45) is -1.32. The molecule has 0 aromatic rings. The Morgan fingerprint density at radius 3 is 2.40 bits per heavy atom. The fraction of sp³-hybridized carbons (Fsp3) is 1.00. The Labute approximate surface area is 57.3 Å². The van der Waals surface area contributed by atoms with E-state index in [0.717, 1.165) is 0 Å². The number of hydrogen-bond acceptors (Lipinski definition) is 6. The second-order valence-corrected chi connectivity index (χ2v) is 2.73. The summed E-state index contributed by atoms with van der Waals surface area (Å²) >= 11 is 0. The highest BCUT2D eigenvalue weighted by Crippen LogP contribution is 2.24. The Balaban J connectivity index is 3.46. The minimum Gasteiger partial charge on any atom is -0.790 e. The first kappa shape index (κ1) is 10.0. The molecule has 0 aliphatic carbocycles. The van der Waals surface area contributed by atoms with Crippen molar-refractivity contribution in [3.63, 3.8) is 0 Å². The molecule has 1 atom stereocenters. The fourth-order valence-corrected chi connectivity index (χ4v) is 0.585. The van der Waals surface area contributed by atoms with Crippen molar-refractivity contribution in [2.24, 2.45) is 0 Å². The Morgan fingerprint density at radius 2 is 2.10 bits per heavy atom. The molecule has 0 amide bonds. The zero-order valence-corrected chi connectivity index (χ0v) is 5.86. The third kappa shape index (κ3) is 6.15. The molecule has 7 heteroatoms. The first-order valence-corrected chi connectivity index (χ1v) is 3.87. The van der Waals surface area contributed by atoms with E-state index >= 15 is 0 Å². The lowest BCUT2D eigenvalue weighted by molar-refractivity contribution is -0.342. The van der Waals surface area contributed by atoms with E-state index in [1.54, 1.807) is 0 Å². The third-order valence-electron chi connectivity index (χ3n) is 0.636. The van der Waals surface area contributed by atoms with Crippen LogP contribution in [0, 0.1) is 0 Å². The predicted molar refractivity (Wildman–Crippen MR) is 26.7 cm³/mol. The van der Waals surface area contributed by atoms with Gasteiger partial charge in [-0.05, 0) is 0 Å². The number of aliphatic hydroxyl groups excluding tert-OH is 2. The summed E-state index contributed by atoms with van der Waals surface area (Å²) in [5, 5.41) is 16.6. The lowest BCUT2D eigenvalue weighted by atomic mass is 10.4. The molecule has 0 aromatic heterocycles. The van der Waals surface area contributed by atoms with E-state index in [-0.39, 0.29) is 0 Å². The number of aliphatic hydroxyl groups is 2. The van der Waals surface area contributed by atoms with Crippen LogP contribution in [0.3, 0.4) is 0 Å². The van der Waals surface area contributed by atoms with E-state index in [0.29, 0.717) is 0 Å². The first-order valence-electron chi connectivity index (χ1n) is 2.41. The zero-order valence-electron chi connectivity index (χ0n) is 4.97. The largest absolute Gasteiger partial charge is 0.790 e. The molecule has 10 heavy (non-hydrogen) atoms. The minimum atomic E-state index is -5.00. The summed E-state index contributed by atoms with van der Waals surface area (Å²) in [6.45, 7) is -1.33. The fourth-order valence-electron chi connectivity index (χ4n) is 0.230. The van der Waals surface area contributed by atoms with Crippen molar-refractivity contribution in [1.29, 1.82) is 0 Å². The molecule has 0 rings (SSSR count). The Bertz CT molecular complexity index is 129. The lowest BCUT2D eigenvalue weighted by Crippen LogP contribution is -2.24. The van der Waals surface area contributed by atoms with E-state index in [2.05, 4.69) is 4.52 Å². The average Bonchev–Trinajstić information content (AvgIpc) is 1.81. The molecule has 0 radical (unpaired) electrons. The van der Waals surface area contributed by atoms with Gasteiger partial charge in [-0.15, -0.1) is 0 Å². The van der Waals surface area contributed by atoms with Crippen LogP contribution >= 0.6 is 7.82 Å². The molecule has 0 unspecified atom stereocenters. The van der Waals surface area contributed by atoms with Gasteiger partial charge in [-0.1, -0.05) is 0 Å². The Kier molecular flexibility index (Phi) is 4.04. The second-order valence-electron chi connectivity index (χ2n) is 1.58. The molecular weight excluding hydrogens is 163 g/mol. The highest BCUT2D eigenvalue weighted by atomic mass is 31.2. The molecule has 62 valence electrons. The predicted octanol–water partition coefficient (Wildman–Crippen LogP) is -2.82. The van der Waals surface area contributed by atoms with Crippen molar-refractivity contribution >= 4 is 7.82 Å². The molecule has 6 nitrogen and oxygen atoms in total. The molecule has 0 fully saturated rings. The maximum absolute atomic E-state index is 9.71. The molecule has 0 heterocycles. The maximum Gasteiger partial charge on any atom is 0.101 e. The van der Waals surface area contributed by atoms with Crippen LogP contribution in [-0.4, -0.2) is 29.5 Å². The first-order chi connectivity index (χ1) is 4.45. The summed E-state index contributed by atoms with van der Waals surface area (Å²) in [5.41, 5.74) is 0. The van der Waals surface area contributed by atoms with Crippen molar-refractivity contribution < 1.29 is 29.1 Å². The van der Waals surface area contributed by atoms with Gasteiger partial charge in [0.05, 0.1) is 21.0 Å². The van der Waals surface area contributed by atoms with E-state index < -0.39 is 27.1 Å². The van der Waals surface area contributed by atoms with Crippen LogP contribution in [-0.2, 0) is 9.09 Å². The SMILES string of the molecule is O=P([O-])([O-])OC[C@H](O)CO. The van der Waals surface area contributed by atoms with Gasteiger partial charge in [0.1, 0.15) is 6.10 Å². The van der Waals surface area contributed by atoms with Crippen molar-refractivity contribution in [2.45, 2.75) is 6.10 Å². The van der Waals surface area contributed by atoms with Crippen LogP contribution < -0.4 is 9.79 Å². The monoisotopic (exact) mass is 170 g/mol. The van der Waals surface area contributed by atoms with Crippen LogP contribution in [0.15, 0.2) is 0 Å². The van der Waals surface area contributed by atoms with Gasteiger partial charge < -0.3 is 29.1 Å². The van der Waals surface area contributed by atoms with E-state index in [1.807, 2.05) is 0 Å². The number of rotatable bonds is 4. The highest BCUT2D eigenvalue weighted by Gasteiger charge is 2.01. The van der Waals surface area contributed by atoms with Crippen molar-refractivity contribution in [1.82, 2.24) is 0 Å². The smallest absolute Gasteiger partial charge is 0.101 e. The maximum atomic E-state index is 9.71. The van der Waals surface area contributed by atoms with Crippen LogP contribution in [0.1, 0.15) is 0 Å². The number of phosphoric ester groups is 1. The molecule has 0 aromatic carbocycles. The zero-order chi connectivity index (χ0) is 8.20. The highest BCUT2D eigenvalue weighted by molar-refractivity contribution is 7.43. The van der Waals surface area contributed by atoms with E-state index in [4.69, 9.17) is 10.2 Å². The summed E-state index contributed by atoms with van der Waals surface area (Å²) < 4.78 is 13.3. The summed E-state index contributed by atoms with van der Waals surface area (Å²) in [7, 11) is -5.00. The molecule has 0 spiro atoms. The van der Waals surface area contributed by atoms with Gasteiger partial charge in [-0.3, -0.25) is 0 Å². The topological polar surface area (TPSA) is 113 Å². The molecular formula is C3H7O6P-2. The summed E-state index contributed by atoms with van der Waals surface area (Å²) in [6, 6.07) is 0. The summed E-state index contributed by atoms with van der Waals surface area (Å²) in [5.74, 6) is 0. The third-order valence-corrected chi connectivity index (χ3v) is 1.10. The van der Waals surface area contributed by atoms with Gasteiger partial charge in [0.15, 0.2) is 0 Å². The normalized spacial score (nSPS) is 15.2.